The lowest BCUT2D eigenvalue weighted by Crippen LogP contribution is -2.39. The molecule has 19 heavy (non-hydrogen) atoms. The largest absolute Gasteiger partial charge is 0.380 e. The van der Waals surface area contributed by atoms with E-state index in [9.17, 15) is 4.79 Å². The average molecular weight is 263 g/mol. The number of piperidine rings is 1. The molecule has 3 N–H and O–H groups in total. The number of rotatable bonds is 4. The summed E-state index contributed by atoms with van der Waals surface area (Å²) in [5, 5.41) is 0. The van der Waals surface area contributed by atoms with E-state index in [2.05, 4.69) is 10.3 Å². The fourth-order valence-corrected chi connectivity index (χ4v) is 2.55. The molecule has 0 radical (unpaired) electrons. The Labute approximate surface area is 113 Å². The van der Waals surface area contributed by atoms with E-state index < -0.39 is 0 Å². The lowest BCUT2D eigenvalue weighted by molar-refractivity contribution is 0.0285. The summed E-state index contributed by atoms with van der Waals surface area (Å²) < 4.78 is 5.42. The SMILES string of the molecule is COC1CCCN(Cc2ccccc2C(=O)NN)C1. The first kappa shape index (κ1) is 14.0. The molecular weight excluding hydrogens is 242 g/mol. The molecule has 2 rings (SSSR count). The number of hydrogen-bond acceptors (Lipinski definition) is 4. The Morgan fingerprint density at radius 2 is 2.32 bits per heavy atom. The van der Waals surface area contributed by atoms with Crippen LogP contribution in [-0.4, -0.2) is 37.1 Å². The lowest BCUT2D eigenvalue weighted by atomic mass is 10.0. The molecule has 0 aliphatic carbocycles. The molecule has 5 heteroatoms. The number of carbonyl (C=O) groups is 1. The predicted molar refractivity (Wildman–Crippen MR) is 73.4 cm³/mol. The minimum absolute atomic E-state index is 0.240. The monoisotopic (exact) mass is 263 g/mol. The van der Waals surface area contributed by atoms with Crippen molar-refractivity contribution in [3.05, 3.63) is 35.4 Å². The minimum Gasteiger partial charge on any atom is -0.380 e. The molecule has 1 aliphatic heterocycles. The molecular formula is C14H21N3O2. The van der Waals surface area contributed by atoms with Crippen LogP contribution < -0.4 is 11.3 Å². The fraction of sp³-hybridized carbons (Fsp3) is 0.500. The van der Waals surface area contributed by atoms with Crippen LogP contribution in [0.3, 0.4) is 0 Å². The highest BCUT2D eigenvalue weighted by Gasteiger charge is 2.20. The summed E-state index contributed by atoms with van der Waals surface area (Å²) in [5.74, 6) is 4.98. The number of nitrogens with zero attached hydrogens (tertiary/aromatic N) is 1. The van der Waals surface area contributed by atoms with Gasteiger partial charge < -0.3 is 4.74 Å². The zero-order valence-corrected chi connectivity index (χ0v) is 11.3. The number of nitrogen functional groups attached to an aromatic ring is 1. The van der Waals surface area contributed by atoms with Crippen LogP contribution in [0.2, 0.25) is 0 Å². The van der Waals surface area contributed by atoms with E-state index >= 15 is 0 Å². The summed E-state index contributed by atoms with van der Waals surface area (Å²) in [4.78, 5) is 14.0. The highest BCUT2D eigenvalue weighted by atomic mass is 16.5. The van der Waals surface area contributed by atoms with Gasteiger partial charge in [0.2, 0.25) is 0 Å². The summed E-state index contributed by atoms with van der Waals surface area (Å²) in [6.07, 6.45) is 2.53. The number of likely N-dealkylation sites (tertiary alicyclic amines) is 1. The number of nitrogens with two attached hydrogens (primary N) is 1. The summed E-state index contributed by atoms with van der Waals surface area (Å²) >= 11 is 0. The summed E-state index contributed by atoms with van der Waals surface area (Å²) in [7, 11) is 1.75. The van der Waals surface area contributed by atoms with Crippen LogP contribution in [0.5, 0.6) is 0 Å². The van der Waals surface area contributed by atoms with Crippen LogP contribution in [0.15, 0.2) is 24.3 Å². The second kappa shape index (κ2) is 6.65. The van der Waals surface area contributed by atoms with Crippen LogP contribution in [0, 0.1) is 0 Å². The van der Waals surface area contributed by atoms with Gasteiger partial charge in [0.05, 0.1) is 6.10 Å². The molecule has 1 saturated heterocycles. The van der Waals surface area contributed by atoms with E-state index in [1.54, 1.807) is 13.2 Å². The third-order valence-corrected chi connectivity index (χ3v) is 3.58. The molecule has 1 fully saturated rings. The Hall–Kier alpha value is -1.43. The van der Waals surface area contributed by atoms with Gasteiger partial charge in [-0.2, -0.15) is 0 Å². The van der Waals surface area contributed by atoms with E-state index in [0.29, 0.717) is 11.7 Å². The smallest absolute Gasteiger partial charge is 0.265 e. The van der Waals surface area contributed by atoms with Crippen molar-refractivity contribution >= 4 is 5.91 Å². The number of methoxy groups -OCH3 is 1. The Kier molecular flexibility index (Phi) is 4.90. The fourth-order valence-electron chi connectivity index (χ4n) is 2.55. The van der Waals surface area contributed by atoms with Gasteiger partial charge in [-0.05, 0) is 31.0 Å². The normalized spacial score (nSPS) is 20.2. The van der Waals surface area contributed by atoms with Gasteiger partial charge in [-0.3, -0.25) is 15.1 Å². The Balaban J connectivity index is 2.08. The summed E-state index contributed by atoms with van der Waals surface area (Å²) in [6, 6.07) is 7.57. The third kappa shape index (κ3) is 3.53. The molecule has 0 saturated carbocycles. The Morgan fingerprint density at radius 1 is 1.53 bits per heavy atom. The van der Waals surface area contributed by atoms with Crippen molar-refractivity contribution in [2.24, 2.45) is 5.84 Å². The topological polar surface area (TPSA) is 67.6 Å². The van der Waals surface area contributed by atoms with Crippen LogP contribution in [0.1, 0.15) is 28.8 Å². The van der Waals surface area contributed by atoms with Crippen molar-refractivity contribution in [2.45, 2.75) is 25.5 Å². The second-order valence-electron chi connectivity index (χ2n) is 4.87. The van der Waals surface area contributed by atoms with Gasteiger partial charge in [-0.25, -0.2) is 5.84 Å². The molecule has 1 amide bonds. The van der Waals surface area contributed by atoms with Crippen LogP contribution in [0.25, 0.3) is 0 Å². The highest BCUT2D eigenvalue weighted by molar-refractivity contribution is 5.95. The van der Waals surface area contributed by atoms with Crippen molar-refractivity contribution < 1.29 is 9.53 Å². The lowest BCUT2D eigenvalue weighted by Gasteiger charge is -2.32. The van der Waals surface area contributed by atoms with Crippen molar-refractivity contribution in [3.8, 4) is 0 Å². The summed E-state index contributed by atoms with van der Waals surface area (Å²) in [6.45, 7) is 2.71. The van der Waals surface area contributed by atoms with Crippen molar-refractivity contribution in [3.63, 3.8) is 0 Å². The van der Waals surface area contributed by atoms with Crippen LogP contribution >= 0.6 is 0 Å². The standard InChI is InChI=1S/C14H21N3O2/c1-19-12-6-4-8-17(10-12)9-11-5-2-3-7-13(11)14(18)16-15/h2-3,5,7,12H,4,6,8-10,15H2,1H3,(H,16,18). The van der Waals surface area contributed by atoms with E-state index in [4.69, 9.17) is 10.6 Å². The number of carbonyl (C=O) groups excluding carboxylic acids is 1. The zero-order valence-electron chi connectivity index (χ0n) is 11.3. The maximum Gasteiger partial charge on any atom is 0.265 e. The summed E-state index contributed by atoms with van der Waals surface area (Å²) in [5.41, 5.74) is 3.84. The number of hydrazine groups is 1. The average Bonchev–Trinajstić information content (AvgIpc) is 2.47. The highest BCUT2D eigenvalue weighted by Crippen LogP contribution is 2.17. The maximum absolute atomic E-state index is 11.7. The second-order valence-corrected chi connectivity index (χ2v) is 4.87. The predicted octanol–water partition coefficient (Wildman–Crippen LogP) is 0.901. The molecule has 0 aromatic heterocycles. The number of hydrogen-bond donors (Lipinski definition) is 2. The zero-order chi connectivity index (χ0) is 13.7. The van der Waals surface area contributed by atoms with E-state index in [-0.39, 0.29) is 5.91 Å². The van der Waals surface area contributed by atoms with Gasteiger partial charge in [-0.1, -0.05) is 18.2 Å². The first-order valence-electron chi connectivity index (χ1n) is 6.58. The van der Waals surface area contributed by atoms with Crippen LogP contribution in [0.4, 0.5) is 0 Å². The van der Waals surface area contributed by atoms with Gasteiger partial charge in [0.25, 0.3) is 5.91 Å². The van der Waals surface area contributed by atoms with Crippen LogP contribution in [-0.2, 0) is 11.3 Å². The molecule has 1 atom stereocenters. The molecule has 0 spiro atoms. The number of nitrogens with one attached hydrogen (secondary N) is 1. The molecule has 1 aromatic carbocycles. The molecule has 1 heterocycles. The van der Waals surface area contributed by atoms with Gasteiger partial charge >= 0.3 is 0 Å². The Morgan fingerprint density at radius 3 is 3.05 bits per heavy atom. The number of ether oxygens (including phenoxy) is 1. The van der Waals surface area contributed by atoms with Gasteiger partial charge in [0.1, 0.15) is 0 Å². The van der Waals surface area contributed by atoms with Crippen molar-refractivity contribution in [2.75, 3.05) is 20.2 Å². The first-order chi connectivity index (χ1) is 9.24. The van der Waals surface area contributed by atoms with E-state index in [1.807, 2.05) is 18.2 Å². The molecule has 0 bridgehead atoms. The van der Waals surface area contributed by atoms with Gasteiger partial charge in [0.15, 0.2) is 0 Å². The molecule has 1 aromatic rings. The molecule has 1 unspecified atom stereocenters. The van der Waals surface area contributed by atoms with E-state index in [1.165, 1.54) is 0 Å². The molecule has 5 nitrogen and oxygen atoms in total. The number of amides is 1. The van der Waals surface area contributed by atoms with Gasteiger partial charge in [0, 0.05) is 25.8 Å². The molecule has 104 valence electrons. The third-order valence-electron chi connectivity index (χ3n) is 3.58. The van der Waals surface area contributed by atoms with Gasteiger partial charge in [-0.15, -0.1) is 0 Å². The quantitative estimate of drug-likeness (QED) is 0.481. The van der Waals surface area contributed by atoms with Crippen molar-refractivity contribution in [1.82, 2.24) is 10.3 Å². The first-order valence-corrected chi connectivity index (χ1v) is 6.58. The molecule has 1 aliphatic rings. The Bertz CT molecular complexity index is 436. The number of benzene rings is 1. The minimum atomic E-state index is -0.240. The maximum atomic E-state index is 11.7. The van der Waals surface area contributed by atoms with E-state index in [0.717, 1.165) is 38.0 Å². The van der Waals surface area contributed by atoms with Crippen molar-refractivity contribution in [1.29, 1.82) is 0 Å².